The zero-order valence-electron chi connectivity index (χ0n) is 18.0. The molecule has 0 saturated carbocycles. The highest BCUT2D eigenvalue weighted by atomic mass is 32.2. The highest BCUT2D eigenvalue weighted by Gasteiger charge is 2.33. The summed E-state index contributed by atoms with van der Waals surface area (Å²) in [5, 5.41) is 3.40. The van der Waals surface area contributed by atoms with Gasteiger partial charge in [0.05, 0.1) is 24.2 Å². The Morgan fingerprint density at radius 3 is 2.50 bits per heavy atom. The number of piperidine rings is 1. The Hall–Kier alpha value is -2.50. The Bertz CT molecular complexity index is 1110. The van der Waals surface area contributed by atoms with E-state index >= 15 is 0 Å². The number of hydrogen-bond acceptors (Lipinski definition) is 7. The SMILES string of the molecule is COC(=O)N1CCc2nc(NC(=O)C3CCN(S(=O)(=O)c4ccc(C)cc4)CC3)sc2C1. The first-order chi connectivity index (χ1) is 15.3. The van der Waals surface area contributed by atoms with Crippen molar-refractivity contribution in [2.45, 2.75) is 37.6 Å². The van der Waals surface area contributed by atoms with Gasteiger partial charge in [-0.1, -0.05) is 29.0 Å². The van der Waals surface area contributed by atoms with Gasteiger partial charge in [0.1, 0.15) is 0 Å². The normalized spacial score (nSPS) is 17.6. The lowest BCUT2D eigenvalue weighted by atomic mass is 9.97. The number of methoxy groups -OCH3 is 1. The molecule has 0 aliphatic carbocycles. The van der Waals surface area contributed by atoms with Crippen LogP contribution in [0.4, 0.5) is 9.93 Å². The predicted molar refractivity (Wildman–Crippen MR) is 120 cm³/mol. The molecule has 9 nitrogen and oxygen atoms in total. The molecule has 0 spiro atoms. The average Bonchev–Trinajstić information content (AvgIpc) is 3.20. The van der Waals surface area contributed by atoms with Crippen molar-refractivity contribution in [2.75, 3.05) is 32.1 Å². The van der Waals surface area contributed by atoms with Gasteiger partial charge in [-0.2, -0.15) is 4.31 Å². The summed E-state index contributed by atoms with van der Waals surface area (Å²) in [6, 6.07) is 6.81. The van der Waals surface area contributed by atoms with Crippen LogP contribution in [-0.4, -0.2) is 61.4 Å². The van der Waals surface area contributed by atoms with Crippen LogP contribution in [0.3, 0.4) is 0 Å². The van der Waals surface area contributed by atoms with Crippen molar-refractivity contribution in [1.82, 2.24) is 14.2 Å². The third-order valence-electron chi connectivity index (χ3n) is 5.88. The van der Waals surface area contributed by atoms with Crippen LogP contribution in [0, 0.1) is 12.8 Å². The van der Waals surface area contributed by atoms with E-state index in [-0.39, 0.29) is 22.8 Å². The number of nitrogens with zero attached hydrogens (tertiary/aromatic N) is 3. The summed E-state index contributed by atoms with van der Waals surface area (Å²) < 4.78 is 31.9. The molecule has 4 rings (SSSR count). The van der Waals surface area contributed by atoms with Crippen LogP contribution in [0.1, 0.15) is 29.0 Å². The van der Waals surface area contributed by atoms with Crippen LogP contribution < -0.4 is 5.32 Å². The van der Waals surface area contributed by atoms with Crippen LogP contribution in [-0.2, 0) is 32.5 Å². The number of benzene rings is 1. The maximum absolute atomic E-state index is 12.9. The fourth-order valence-corrected chi connectivity index (χ4v) is 6.46. The molecule has 32 heavy (non-hydrogen) atoms. The molecule has 1 saturated heterocycles. The molecule has 0 radical (unpaired) electrons. The van der Waals surface area contributed by atoms with Gasteiger partial charge in [0, 0.05) is 36.9 Å². The standard InChI is InChI=1S/C21H26N4O5S2/c1-14-3-5-16(6-4-14)32(28,29)25-11-7-15(8-12-25)19(26)23-20-22-17-9-10-24(21(27)30-2)13-18(17)31-20/h3-6,15H,7-13H2,1-2H3,(H,22,23,26). The van der Waals surface area contributed by atoms with Gasteiger partial charge in [-0.3, -0.25) is 4.79 Å². The monoisotopic (exact) mass is 478 g/mol. The summed E-state index contributed by atoms with van der Waals surface area (Å²) in [4.78, 5) is 31.8. The topological polar surface area (TPSA) is 109 Å². The number of carbonyl (C=O) groups is 2. The molecular formula is C21H26N4O5S2. The van der Waals surface area contributed by atoms with Crippen LogP contribution in [0.5, 0.6) is 0 Å². The molecule has 3 heterocycles. The van der Waals surface area contributed by atoms with Crippen molar-refractivity contribution in [3.8, 4) is 0 Å². The smallest absolute Gasteiger partial charge is 0.409 e. The summed E-state index contributed by atoms with van der Waals surface area (Å²) in [5.41, 5.74) is 1.89. The fourth-order valence-electron chi connectivity index (χ4n) is 3.96. The molecule has 2 aromatic rings. The molecule has 2 amide bonds. The first-order valence-electron chi connectivity index (χ1n) is 10.5. The Balaban J connectivity index is 1.34. The second-order valence-electron chi connectivity index (χ2n) is 8.01. The molecule has 1 fully saturated rings. The third-order valence-corrected chi connectivity index (χ3v) is 8.79. The summed E-state index contributed by atoms with van der Waals surface area (Å²) in [6.07, 6.45) is 1.16. The van der Waals surface area contributed by atoms with E-state index in [0.29, 0.717) is 50.6 Å². The van der Waals surface area contributed by atoms with Crippen molar-refractivity contribution in [1.29, 1.82) is 0 Å². The quantitative estimate of drug-likeness (QED) is 0.724. The van der Waals surface area contributed by atoms with E-state index in [2.05, 4.69) is 10.3 Å². The molecule has 1 aromatic heterocycles. The number of nitrogens with one attached hydrogen (secondary N) is 1. The zero-order valence-corrected chi connectivity index (χ0v) is 19.7. The second kappa shape index (κ2) is 9.16. The maximum Gasteiger partial charge on any atom is 0.409 e. The summed E-state index contributed by atoms with van der Waals surface area (Å²) in [5.74, 6) is -0.416. The molecule has 172 valence electrons. The van der Waals surface area contributed by atoms with Gasteiger partial charge in [0.2, 0.25) is 15.9 Å². The molecule has 1 N–H and O–H groups in total. The van der Waals surface area contributed by atoms with Gasteiger partial charge < -0.3 is 15.0 Å². The molecular weight excluding hydrogens is 452 g/mol. The minimum absolute atomic E-state index is 0.145. The number of aryl methyl sites for hydroxylation is 1. The number of amides is 2. The second-order valence-corrected chi connectivity index (χ2v) is 11.0. The van der Waals surface area contributed by atoms with E-state index < -0.39 is 10.0 Å². The third kappa shape index (κ3) is 4.64. The number of aromatic nitrogens is 1. The largest absolute Gasteiger partial charge is 0.453 e. The first kappa shape index (κ1) is 22.7. The number of hydrogen-bond donors (Lipinski definition) is 1. The lowest BCUT2D eigenvalue weighted by Gasteiger charge is -2.30. The maximum atomic E-state index is 12.9. The molecule has 2 aliphatic heterocycles. The predicted octanol–water partition coefficient (Wildman–Crippen LogP) is 2.62. The molecule has 2 aliphatic rings. The number of sulfonamides is 1. The number of anilines is 1. The molecule has 0 unspecified atom stereocenters. The van der Waals surface area contributed by atoms with Gasteiger partial charge in [-0.25, -0.2) is 18.2 Å². The van der Waals surface area contributed by atoms with Gasteiger partial charge in [0.25, 0.3) is 0 Å². The van der Waals surface area contributed by atoms with Crippen molar-refractivity contribution < 1.29 is 22.7 Å². The van der Waals surface area contributed by atoms with E-state index in [1.807, 2.05) is 6.92 Å². The van der Waals surface area contributed by atoms with E-state index in [1.54, 1.807) is 29.2 Å². The molecule has 1 aromatic carbocycles. The fraction of sp³-hybridized carbons (Fsp3) is 0.476. The van der Waals surface area contributed by atoms with E-state index in [9.17, 15) is 18.0 Å². The van der Waals surface area contributed by atoms with Crippen LogP contribution in [0.25, 0.3) is 0 Å². The minimum atomic E-state index is -3.55. The summed E-state index contributed by atoms with van der Waals surface area (Å²) in [6.45, 7) is 3.47. The van der Waals surface area contributed by atoms with E-state index in [0.717, 1.165) is 16.1 Å². The van der Waals surface area contributed by atoms with Gasteiger partial charge in [0.15, 0.2) is 5.13 Å². The van der Waals surface area contributed by atoms with E-state index in [1.165, 1.54) is 22.8 Å². The first-order valence-corrected chi connectivity index (χ1v) is 12.7. The Morgan fingerprint density at radius 2 is 1.84 bits per heavy atom. The number of fused-ring (bicyclic) bond motifs is 1. The van der Waals surface area contributed by atoms with E-state index in [4.69, 9.17) is 4.74 Å². The lowest BCUT2D eigenvalue weighted by Crippen LogP contribution is -2.41. The molecule has 0 atom stereocenters. The van der Waals surface area contributed by atoms with Gasteiger partial charge in [-0.15, -0.1) is 0 Å². The highest BCUT2D eigenvalue weighted by Crippen LogP contribution is 2.30. The highest BCUT2D eigenvalue weighted by molar-refractivity contribution is 7.89. The average molecular weight is 479 g/mol. The van der Waals surface area contributed by atoms with Crippen LogP contribution in [0.2, 0.25) is 0 Å². The van der Waals surface area contributed by atoms with Gasteiger partial charge in [-0.05, 0) is 31.9 Å². The van der Waals surface area contributed by atoms with Crippen LogP contribution in [0.15, 0.2) is 29.2 Å². The van der Waals surface area contributed by atoms with Gasteiger partial charge >= 0.3 is 6.09 Å². The number of thiazole rings is 1. The Labute approximate surface area is 191 Å². The minimum Gasteiger partial charge on any atom is -0.453 e. The Morgan fingerprint density at radius 1 is 1.16 bits per heavy atom. The number of rotatable bonds is 4. The van der Waals surface area contributed by atoms with Crippen molar-refractivity contribution >= 4 is 38.5 Å². The number of carbonyl (C=O) groups excluding carboxylic acids is 2. The van der Waals surface area contributed by atoms with Crippen molar-refractivity contribution in [3.63, 3.8) is 0 Å². The lowest BCUT2D eigenvalue weighted by molar-refractivity contribution is -0.120. The zero-order chi connectivity index (χ0) is 22.9. The Kier molecular flexibility index (Phi) is 6.50. The van der Waals surface area contributed by atoms with Crippen molar-refractivity contribution in [3.05, 3.63) is 40.4 Å². The van der Waals surface area contributed by atoms with Crippen LogP contribution >= 0.6 is 11.3 Å². The summed E-state index contributed by atoms with van der Waals surface area (Å²) in [7, 11) is -2.20. The number of ether oxygens (including phenoxy) is 1. The molecule has 11 heteroatoms. The summed E-state index contributed by atoms with van der Waals surface area (Å²) >= 11 is 1.36. The molecule has 0 bridgehead atoms. The van der Waals surface area contributed by atoms with Crippen molar-refractivity contribution in [2.24, 2.45) is 5.92 Å².